The molecule has 0 saturated heterocycles. The third-order valence-corrected chi connectivity index (χ3v) is 9.20. The van der Waals surface area contributed by atoms with Crippen LogP contribution in [0.1, 0.15) is 18.2 Å². The maximum absolute atomic E-state index is 9.49. The van der Waals surface area contributed by atoms with E-state index in [-0.39, 0.29) is 0 Å². The van der Waals surface area contributed by atoms with Gasteiger partial charge >= 0.3 is 8.32 Å². The van der Waals surface area contributed by atoms with E-state index in [0.29, 0.717) is 11.3 Å². The third kappa shape index (κ3) is 3.81. The lowest BCUT2D eigenvalue weighted by Gasteiger charge is -2.30. The normalized spacial score (nSPS) is 11.7. The highest BCUT2D eigenvalue weighted by Gasteiger charge is 2.45. The van der Waals surface area contributed by atoms with E-state index in [1.54, 1.807) is 6.07 Å². The van der Waals surface area contributed by atoms with E-state index in [9.17, 15) is 5.26 Å². The van der Waals surface area contributed by atoms with Crippen LogP contribution in [-0.4, -0.2) is 18.6 Å². The molecule has 0 saturated carbocycles. The predicted molar refractivity (Wildman–Crippen MR) is 127 cm³/mol. The molecule has 31 heavy (non-hydrogen) atoms. The molecule has 0 N–H and O–H groups in total. The average molecular weight is 422 g/mol. The molecular weight excluding hydrogens is 398 g/mol. The number of rotatable bonds is 6. The van der Waals surface area contributed by atoms with Gasteiger partial charge in [0, 0.05) is 13.2 Å². The van der Waals surface area contributed by atoms with Crippen molar-refractivity contribution in [2.75, 3.05) is 0 Å². The van der Waals surface area contributed by atoms with Gasteiger partial charge in [0.2, 0.25) is 0 Å². The van der Waals surface area contributed by atoms with Crippen LogP contribution in [-0.2, 0) is 11.6 Å². The SMILES string of the molecule is C/C(=N\O[Si](c1ccccc1)(c1ccccc1)c1ccccc1)c1c(C#N)ccn1C. The fourth-order valence-electron chi connectivity index (χ4n) is 3.93. The molecule has 0 bridgehead atoms. The Balaban J connectivity index is 1.93. The fraction of sp³-hybridized carbons (Fsp3) is 0.0769. The highest BCUT2D eigenvalue weighted by atomic mass is 28.4. The Kier molecular flexibility index (Phi) is 5.83. The third-order valence-electron chi connectivity index (χ3n) is 5.40. The van der Waals surface area contributed by atoms with Gasteiger partial charge in [0.25, 0.3) is 0 Å². The van der Waals surface area contributed by atoms with Crippen LogP contribution in [0.2, 0.25) is 0 Å². The molecule has 0 spiro atoms. The molecule has 0 aliphatic carbocycles. The average Bonchev–Trinajstić information content (AvgIpc) is 3.22. The minimum atomic E-state index is -2.92. The van der Waals surface area contributed by atoms with Gasteiger partial charge in [0.15, 0.2) is 0 Å². The van der Waals surface area contributed by atoms with Gasteiger partial charge in [-0.1, -0.05) is 91.0 Å². The second kappa shape index (κ2) is 8.86. The molecule has 0 aliphatic rings. The first-order chi connectivity index (χ1) is 15.2. The summed E-state index contributed by atoms with van der Waals surface area (Å²) in [6, 6.07) is 35.0. The monoisotopic (exact) mass is 421 g/mol. The lowest BCUT2D eigenvalue weighted by atomic mass is 10.2. The molecule has 1 aromatic heterocycles. The molecule has 1 heterocycles. The van der Waals surface area contributed by atoms with Gasteiger partial charge < -0.3 is 9.09 Å². The van der Waals surface area contributed by atoms with E-state index in [1.807, 2.05) is 79.3 Å². The number of hydrogen-bond donors (Lipinski definition) is 0. The molecule has 0 fully saturated rings. The molecule has 3 aromatic carbocycles. The van der Waals surface area contributed by atoms with E-state index in [0.717, 1.165) is 21.3 Å². The number of oxime groups is 1. The first-order valence-electron chi connectivity index (χ1n) is 10.1. The molecular formula is C26H23N3OSi. The summed E-state index contributed by atoms with van der Waals surface area (Å²) >= 11 is 0. The van der Waals surface area contributed by atoms with Crippen molar-refractivity contribution in [2.24, 2.45) is 12.2 Å². The van der Waals surface area contributed by atoms with Gasteiger partial charge in [0.05, 0.1) is 11.3 Å². The first kappa shape index (κ1) is 20.4. The van der Waals surface area contributed by atoms with Crippen LogP contribution in [0.3, 0.4) is 0 Å². The highest BCUT2D eigenvalue weighted by Crippen LogP contribution is 2.14. The first-order valence-corrected chi connectivity index (χ1v) is 12.0. The summed E-state index contributed by atoms with van der Waals surface area (Å²) in [6.07, 6.45) is 1.86. The van der Waals surface area contributed by atoms with Crippen LogP contribution in [0.15, 0.2) is 108 Å². The van der Waals surface area contributed by atoms with Crippen molar-refractivity contribution >= 4 is 29.6 Å². The number of nitriles is 1. The zero-order valence-electron chi connectivity index (χ0n) is 17.6. The van der Waals surface area contributed by atoms with Crippen molar-refractivity contribution in [1.29, 1.82) is 5.26 Å². The second-order valence-electron chi connectivity index (χ2n) is 7.35. The van der Waals surface area contributed by atoms with Crippen LogP contribution in [0, 0.1) is 11.3 Å². The van der Waals surface area contributed by atoms with Crippen molar-refractivity contribution < 1.29 is 4.53 Å². The summed E-state index contributed by atoms with van der Waals surface area (Å²) in [5.41, 5.74) is 2.02. The Bertz CT molecular complexity index is 1130. The number of hydrogen-bond acceptors (Lipinski definition) is 3. The van der Waals surface area contributed by atoms with Crippen LogP contribution in [0.5, 0.6) is 0 Å². The van der Waals surface area contributed by atoms with Gasteiger partial charge in [-0.25, -0.2) is 0 Å². The predicted octanol–water partition coefficient (Wildman–Crippen LogP) is 3.30. The van der Waals surface area contributed by atoms with Gasteiger partial charge in [-0.3, -0.25) is 0 Å². The van der Waals surface area contributed by atoms with Gasteiger partial charge in [0.1, 0.15) is 11.8 Å². The van der Waals surface area contributed by atoms with Gasteiger partial charge in [-0.2, -0.15) is 5.26 Å². The molecule has 0 radical (unpaired) electrons. The summed E-state index contributed by atoms with van der Waals surface area (Å²) in [7, 11) is -1.02. The van der Waals surface area contributed by atoms with Gasteiger partial charge in [-0.05, 0) is 28.6 Å². The molecule has 0 aliphatic heterocycles. The Morgan fingerprint density at radius 1 is 0.806 bits per heavy atom. The lowest BCUT2D eigenvalue weighted by molar-refractivity contribution is 0.348. The Labute approximate surface area is 183 Å². The second-order valence-corrected chi connectivity index (χ2v) is 10.6. The molecule has 0 amide bonds. The maximum atomic E-state index is 9.49. The van der Waals surface area contributed by atoms with Crippen molar-refractivity contribution in [2.45, 2.75) is 6.92 Å². The molecule has 4 aromatic rings. The topological polar surface area (TPSA) is 50.3 Å². The molecule has 4 rings (SSSR count). The number of aromatic nitrogens is 1. The van der Waals surface area contributed by atoms with Crippen LogP contribution >= 0.6 is 0 Å². The number of benzene rings is 3. The number of aryl methyl sites for hydroxylation is 1. The molecule has 0 atom stereocenters. The molecule has 4 nitrogen and oxygen atoms in total. The van der Waals surface area contributed by atoms with Crippen LogP contribution in [0.25, 0.3) is 0 Å². The van der Waals surface area contributed by atoms with Gasteiger partial charge in [-0.15, -0.1) is 5.16 Å². The number of nitrogens with zero attached hydrogens (tertiary/aromatic N) is 3. The van der Waals surface area contributed by atoms with Crippen molar-refractivity contribution in [1.82, 2.24) is 4.57 Å². The summed E-state index contributed by atoms with van der Waals surface area (Å²) in [4.78, 5) is 0. The lowest BCUT2D eigenvalue weighted by Crippen LogP contribution is -2.68. The van der Waals surface area contributed by atoms with Crippen molar-refractivity contribution in [3.63, 3.8) is 0 Å². The summed E-state index contributed by atoms with van der Waals surface area (Å²) in [6.45, 7) is 1.89. The highest BCUT2D eigenvalue weighted by molar-refractivity contribution is 7.07. The van der Waals surface area contributed by atoms with Crippen LogP contribution < -0.4 is 15.6 Å². The largest absolute Gasteiger partial charge is 0.438 e. The van der Waals surface area contributed by atoms with E-state index >= 15 is 0 Å². The van der Waals surface area contributed by atoms with Crippen LogP contribution in [0.4, 0.5) is 0 Å². The molecule has 5 heteroatoms. The zero-order valence-corrected chi connectivity index (χ0v) is 18.6. The summed E-state index contributed by atoms with van der Waals surface area (Å²) in [5.74, 6) is 0. The maximum Gasteiger partial charge on any atom is 0.380 e. The standard InChI is InChI=1S/C26H23N3OSi/c1-21(26-22(20-27)18-19-29(26)2)28-30-31(23-12-6-3-7-13-23,24-14-8-4-9-15-24)25-16-10-5-11-17-25/h3-19H,1-2H3/b28-21+. The van der Waals surface area contributed by atoms with Crippen molar-refractivity contribution in [3.05, 3.63) is 115 Å². The van der Waals surface area contributed by atoms with E-state index in [2.05, 4.69) is 47.6 Å². The Morgan fingerprint density at radius 3 is 1.68 bits per heavy atom. The zero-order chi connectivity index (χ0) is 21.7. The van der Waals surface area contributed by atoms with E-state index < -0.39 is 8.32 Å². The summed E-state index contributed by atoms with van der Waals surface area (Å²) in [5, 5.41) is 17.5. The quantitative estimate of drug-likeness (QED) is 0.208. The van der Waals surface area contributed by atoms with E-state index in [4.69, 9.17) is 4.53 Å². The minimum Gasteiger partial charge on any atom is -0.438 e. The van der Waals surface area contributed by atoms with E-state index in [1.165, 1.54) is 0 Å². The minimum absolute atomic E-state index is 0.582. The molecule has 152 valence electrons. The Hall–Kier alpha value is -3.88. The smallest absolute Gasteiger partial charge is 0.380 e. The molecule has 0 unspecified atom stereocenters. The Morgan fingerprint density at radius 2 is 1.26 bits per heavy atom. The fourth-order valence-corrected chi connectivity index (χ4v) is 7.50. The summed E-state index contributed by atoms with van der Waals surface area (Å²) < 4.78 is 8.53. The van der Waals surface area contributed by atoms with Crippen molar-refractivity contribution in [3.8, 4) is 6.07 Å².